The Morgan fingerprint density at radius 3 is 2.53 bits per heavy atom. The van der Waals surface area contributed by atoms with Crippen LogP contribution in [0.4, 0.5) is 10.5 Å². The maximum absolute atomic E-state index is 13.2. The summed E-state index contributed by atoms with van der Waals surface area (Å²) in [5, 5.41) is 22.1. The van der Waals surface area contributed by atoms with E-state index in [1.54, 1.807) is 44.2 Å². The number of aliphatic hydroxyl groups excluding tert-OH is 1. The number of methoxy groups -OCH3 is 1. The molecule has 0 saturated carbocycles. The summed E-state index contributed by atoms with van der Waals surface area (Å²) in [6.07, 6.45) is -0.256. The quantitative estimate of drug-likeness (QED) is 0.0609. The average Bonchev–Trinajstić information content (AvgIpc) is 2.99. The number of nitrogens with zero attached hydrogens (tertiary/aromatic N) is 2. The molecule has 1 saturated heterocycles. The second kappa shape index (κ2) is 14.2. The molecule has 2 heterocycles. The molecule has 4 rings (SSSR count). The van der Waals surface area contributed by atoms with Crippen LogP contribution in [0.2, 0.25) is 0 Å². The number of anilines is 1. The van der Waals surface area contributed by atoms with Gasteiger partial charge < -0.3 is 35.3 Å². The van der Waals surface area contributed by atoms with E-state index >= 15 is 0 Å². The van der Waals surface area contributed by atoms with Crippen LogP contribution in [0.5, 0.6) is 11.5 Å². The molecule has 0 radical (unpaired) electrons. The Balaban J connectivity index is 1.42. The number of aryl methyl sites for hydroxylation is 2. The predicted molar refractivity (Wildman–Crippen MR) is 167 cm³/mol. The van der Waals surface area contributed by atoms with Crippen LogP contribution < -0.4 is 35.7 Å². The minimum absolute atomic E-state index is 0.0365. The number of hydrazone groups is 1. The lowest BCUT2D eigenvalue weighted by Gasteiger charge is -2.31. The van der Waals surface area contributed by atoms with Crippen molar-refractivity contribution in [2.75, 3.05) is 25.2 Å². The highest BCUT2D eigenvalue weighted by Crippen LogP contribution is 2.35. The van der Waals surface area contributed by atoms with E-state index in [1.165, 1.54) is 12.0 Å². The Morgan fingerprint density at radius 1 is 1.09 bits per heavy atom. The van der Waals surface area contributed by atoms with Gasteiger partial charge in [0.25, 0.3) is 5.91 Å². The summed E-state index contributed by atoms with van der Waals surface area (Å²) < 4.78 is 16.4. The van der Waals surface area contributed by atoms with Crippen LogP contribution in [0.25, 0.3) is 0 Å². The van der Waals surface area contributed by atoms with Crippen molar-refractivity contribution in [2.24, 2.45) is 11.0 Å². The SMILES string of the molecule is CCOc1cc([C@@H]2NC(=O)NC(C)=C2C(=O)OC)ccc1OC[C@@H](O)N/N=C/[C@@H]1C(=O)NC(=S)N(c2ccc(C)c(C)c2)C1=O. The van der Waals surface area contributed by atoms with E-state index in [4.69, 9.17) is 26.4 Å². The molecule has 3 atom stereocenters. The largest absolute Gasteiger partial charge is 0.490 e. The molecule has 2 aromatic rings. The number of rotatable bonds is 11. The highest BCUT2D eigenvalue weighted by Gasteiger charge is 2.38. The molecule has 2 aromatic carbocycles. The van der Waals surface area contributed by atoms with Gasteiger partial charge in [-0.05, 0) is 80.9 Å². The van der Waals surface area contributed by atoms with Crippen LogP contribution in [-0.4, -0.2) is 66.8 Å². The van der Waals surface area contributed by atoms with Gasteiger partial charge in [0.15, 0.2) is 28.8 Å². The van der Waals surface area contributed by atoms with Crippen LogP contribution >= 0.6 is 12.2 Å². The molecule has 238 valence electrons. The number of aliphatic hydroxyl groups is 1. The van der Waals surface area contributed by atoms with Gasteiger partial charge in [-0.1, -0.05) is 12.1 Å². The minimum atomic E-state index is -1.34. The summed E-state index contributed by atoms with van der Waals surface area (Å²) in [5.74, 6) is -2.56. The fourth-order valence-corrected chi connectivity index (χ4v) is 4.95. The standard InChI is InChI=1S/C30H34N6O8S/c1-6-43-22-12-18(25-24(28(40)42-5)17(4)32-29(41)33-25)8-10-21(22)44-14-23(37)35-31-13-20-26(38)34-30(45)36(27(20)39)19-9-7-15(2)16(3)11-19/h7-13,20,23,25,35,37H,6,14H2,1-5H3,(H2,32,33,41)(H,34,38,45)/b31-13+/t20-,23-,25+/m1/s1. The first-order valence-corrected chi connectivity index (χ1v) is 14.3. The average molecular weight is 639 g/mol. The molecule has 0 aliphatic carbocycles. The summed E-state index contributed by atoms with van der Waals surface area (Å²) in [4.78, 5) is 51.5. The first kappa shape index (κ1) is 32.9. The highest BCUT2D eigenvalue weighted by atomic mass is 32.1. The van der Waals surface area contributed by atoms with Crippen molar-refractivity contribution in [3.05, 3.63) is 64.4 Å². The molecule has 0 bridgehead atoms. The van der Waals surface area contributed by atoms with Crippen molar-refractivity contribution in [3.63, 3.8) is 0 Å². The lowest BCUT2D eigenvalue weighted by atomic mass is 9.95. The fraction of sp³-hybridized carbons (Fsp3) is 0.333. The predicted octanol–water partition coefficient (Wildman–Crippen LogP) is 1.84. The number of carbonyl (C=O) groups is 4. The van der Waals surface area contributed by atoms with Crippen molar-refractivity contribution >= 4 is 53.0 Å². The van der Waals surface area contributed by atoms with Crippen molar-refractivity contribution in [2.45, 2.75) is 40.0 Å². The Hall–Kier alpha value is -5.02. The lowest BCUT2D eigenvalue weighted by molar-refractivity contribution is -0.136. The van der Waals surface area contributed by atoms with Crippen molar-refractivity contribution in [1.82, 2.24) is 21.4 Å². The summed E-state index contributed by atoms with van der Waals surface area (Å²) in [5.41, 5.74) is 6.06. The molecule has 2 aliphatic heterocycles. The number of nitrogens with one attached hydrogen (secondary N) is 4. The van der Waals surface area contributed by atoms with Crippen LogP contribution in [0.3, 0.4) is 0 Å². The number of urea groups is 1. The summed E-state index contributed by atoms with van der Waals surface area (Å²) in [7, 11) is 1.25. The molecule has 0 aromatic heterocycles. The van der Waals surface area contributed by atoms with E-state index in [0.29, 0.717) is 22.7 Å². The molecule has 14 nitrogen and oxygen atoms in total. The lowest BCUT2D eigenvalue weighted by Crippen LogP contribution is -2.58. The van der Waals surface area contributed by atoms with Gasteiger partial charge in [0, 0.05) is 11.9 Å². The maximum Gasteiger partial charge on any atom is 0.337 e. The van der Waals surface area contributed by atoms with Gasteiger partial charge in [0.1, 0.15) is 6.61 Å². The molecule has 1 fully saturated rings. The summed E-state index contributed by atoms with van der Waals surface area (Å²) in [6.45, 7) is 7.20. The molecule has 0 unspecified atom stereocenters. The van der Waals surface area contributed by atoms with Gasteiger partial charge in [-0.25, -0.2) is 9.59 Å². The molecular formula is C30H34N6O8S. The van der Waals surface area contributed by atoms with E-state index in [1.807, 2.05) is 19.9 Å². The van der Waals surface area contributed by atoms with Gasteiger partial charge in [-0.15, -0.1) is 0 Å². The van der Waals surface area contributed by atoms with Crippen LogP contribution in [0.1, 0.15) is 36.6 Å². The number of esters is 1. The second-order valence-electron chi connectivity index (χ2n) is 10.1. The van der Waals surface area contributed by atoms with E-state index < -0.39 is 42.0 Å². The van der Waals surface area contributed by atoms with Gasteiger partial charge >= 0.3 is 12.0 Å². The fourth-order valence-electron chi connectivity index (χ4n) is 4.66. The molecule has 0 spiro atoms. The molecule has 2 aliphatic rings. The zero-order valence-electron chi connectivity index (χ0n) is 25.3. The van der Waals surface area contributed by atoms with Gasteiger partial charge in [0.05, 0.1) is 31.0 Å². The third-order valence-corrected chi connectivity index (χ3v) is 7.35. The van der Waals surface area contributed by atoms with Crippen molar-refractivity contribution < 1.29 is 38.5 Å². The number of allylic oxidation sites excluding steroid dienone is 1. The molecule has 45 heavy (non-hydrogen) atoms. The number of thiocarbonyl (C=S) groups is 1. The Morgan fingerprint density at radius 2 is 1.84 bits per heavy atom. The van der Waals surface area contributed by atoms with Crippen LogP contribution in [0.15, 0.2) is 52.8 Å². The first-order valence-electron chi connectivity index (χ1n) is 13.9. The first-order chi connectivity index (χ1) is 21.4. The van der Waals surface area contributed by atoms with Gasteiger partial charge in [-0.3, -0.25) is 19.9 Å². The van der Waals surface area contributed by atoms with Gasteiger partial charge in [0.2, 0.25) is 5.91 Å². The van der Waals surface area contributed by atoms with Crippen molar-refractivity contribution in [3.8, 4) is 11.5 Å². The third kappa shape index (κ3) is 7.38. The van der Waals surface area contributed by atoms with E-state index in [0.717, 1.165) is 17.3 Å². The van der Waals surface area contributed by atoms with E-state index in [2.05, 4.69) is 26.5 Å². The molecule has 15 heteroatoms. The van der Waals surface area contributed by atoms with Crippen LogP contribution in [-0.2, 0) is 19.1 Å². The van der Waals surface area contributed by atoms with E-state index in [9.17, 15) is 24.3 Å². The Labute approximate surface area is 264 Å². The number of carbonyl (C=O) groups excluding carboxylic acids is 4. The molecule has 5 N–H and O–H groups in total. The minimum Gasteiger partial charge on any atom is -0.490 e. The normalized spacial score (nSPS) is 19.1. The second-order valence-corrected chi connectivity index (χ2v) is 10.5. The smallest absolute Gasteiger partial charge is 0.337 e. The maximum atomic E-state index is 13.2. The summed E-state index contributed by atoms with van der Waals surface area (Å²) in [6, 6.07) is 8.93. The molecule has 4 amide bonds. The Bertz CT molecular complexity index is 1590. The number of benzene rings is 2. The number of amides is 4. The zero-order chi connectivity index (χ0) is 32.8. The summed E-state index contributed by atoms with van der Waals surface area (Å²) >= 11 is 5.24. The topological polar surface area (TPSA) is 180 Å². The number of hydrogen-bond donors (Lipinski definition) is 5. The Kier molecular flexibility index (Phi) is 10.4. The number of ether oxygens (including phenoxy) is 3. The molecular weight excluding hydrogens is 604 g/mol. The van der Waals surface area contributed by atoms with Crippen molar-refractivity contribution in [1.29, 1.82) is 0 Å². The monoisotopic (exact) mass is 638 g/mol. The highest BCUT2D eigenvalue weighted by molar-refractivity contribution is 7.80. The number of hydrogen-bond acceptors (Lipinski definition) is 11. The zero-order valence-corrected chi connectivity index (χ0v) is 26.1. The van der Waals surface area contributed by atoms with Crippen LogP contribution in [0, 0.1) is 19.8 Å². The third-order valence-electron chi connectivity index (χ3n) is 7.07. The van der Waals surface area contributed by atoms with Gasteiger partial charge in [-0.2, -0.15) is 5.10 Å². The van der Waals surface area contributed by atoms with E-state index in [-0.39, 0.29) is 29.6 Å².